The molecule has 0 bridgehead atoms. The third-order valence-corrected chi connectivity index (χ3v) is 7.17. The van der Waals surface area contributed by atoms with Gasteiger partial charge in [-0.2, -0.15) is 0 Å². The van der Waals surface area contributed by atoms with Crippen LogP contribution in [0.3, 0.4) is 0 Å². The molecule has 0 spiro atoms. The zero-order chi connectivity index (χ0) is 21.2. The van der Waals surface area contributed by atoms with Crippen LogP contribution in [0.25, 0.3) is 10.9 Å². The minimum atomic E-state index is -0.00961. The summed E-state index contributed by atoms with van der Waals surface area (Å²) in [4.78, 5) is 20.0. The molecule has 1 aliphatic carbocycles. The van der Waals surface area contributed by atoms with Crippen LogP contribution in [0.5, 0.6) is 0 Å². The number of amides is 1. The van der Waals surface area contributed by atoms with E-state index < -0.39 is 0 Å². The average Bonchev–Trinajstić information content (AvgIpc) is 3.07. The Balaban J connectivity index is 1.34. The normalized spacial score (nSPS) is 21.0. The molecule has 162 valence electrons. The van der Waals surface area contributed by atoms with Crippen LogP contribution >= 0.6 is 0 Å². The van der Waals surface area contributed by atoms with Gasteiger partial charge in [0.15, 0.2) is 0 Å². The number of rotatable bonds is 6. The van der Waals surface area contributed by atoms with E-state index in [4.69, 9.17) is 0 Å². The Morgan fingerprint density at radius 2 is 1.97 bits per heavy atom. The van der Waals surface area contributed by atoms with E-state index in [-0.39, 0.29) is 17.9 Å². The van der Waals surface area contributed by atoms with Crippen molar-refractivity contribution in [3.8, 4) is 0 Å². The zero-order valence-corrected chi connectivity index (χ0v) is 18.3. The third kappa shape index (κ3) is 4.24. The van der Waals surface area contributed by atoms with Crippen LogP contribution in [0.1, 0.15) is 49.4 Å². The standard InChI is InChI=1S/C26H32N4O/c1-29-16-21(22-11-2-3-13-24(22)29)18-30-15-7-10-20(17-30)25(23-12-4-5-14-27-23)28-26(31)19-8-6-9-19/h2-5,11-14,16,19-20,25H,6-10,15,17-18H2,1H3,(H,28,31)/t20-,25+/m0/s1. The molecular formula is C26H32N4O. The summed E-state index contributed by atoms with van der Waals surface area (Å²) in [5.74, 6) is 0.789. The Labute approximate surface area is 184 Å². The quantitative estimate of drug-likeness (QED) is 0.646. The fourth-order valence-corrected chi connectivity index (χ4v) is 5.23. The summed E-state index contributed by atoms with van der Waals surface area (Å²) in [6, 6.07) is 14.7. The lowest BCUT2D eigenvalue weighted by Crippen LogP contribution is -2.45. The summed E-state index contributed by atoms with van der Waals surface area (Å²) >= 11 is 0. The van der Waals surface area contributed by atoms with Gasteiger partial charge in [-0.25, -0.2) is 0 Å². The van der Waals surface area contributed by atoms with Gasteiger partial charge >= 0.3 is 0 Å². The SMILES string of the molecule is Cn1cc(CN2CCC[C@H]([C@@H](NC(=O)C3CCC3)c3ccccn3)C2)c2ccccc21. The van der Waals surface area contributed by atoms with Gasteiger partial charge in [0.2, 0.25) is 5.91 Å². The molecule has 5 heteroatoms. The lowest BCUT2D eigenvalue weighted by molar-refractivity contribution is -0.128. The highest BCUT2D eigenvalue weighted by Crippen LogP contribution is 2.33. The van der Waals surface area contributed by atoms with E-state index in [1.807, 2.05) is 18.3 Å². The molecule has 2 aliphatic rings. The van der Waals surface area contributed by atoms with Crippen LogP contribution < -0.4 is 5.32 Å². The number of fused-ring (bicyclic) bond motifs is 1. The van der Waals surface area contributed by atoms with Crippen molar-refractivity contribution in [3.63, 3.8) is 0 Å². The predicted molar refractivity (Wildman–Crippen MR) is 123 cm³/mol. The highest BCUT2D eigenvalue weighted by molar-refractivity contribution is 5.83. The lowest BCUT2D eigenvalue weighted by Gasteiger charge is -2.38. The van der Waals surface area contributed by atoms with Gasteiger partial charge in [-0.3, -0.25) is 14.7 Å². The monoisotopic (exact) mass is 416 g/mol. The van der Waals surface area contributed by atoms with Crippen LogP contribution in [0, 0.1) is 11.8 Å². The van der Waals surface area contributed by atoms with E-state index in [1.165, 1.54) is 22.9 Å². The van der Waals surface area contributed by atoms with Crippen molar-refractivity contribution >= 4 is 16.8 Å². The Morgan fingerprint density at radius 3 is 2.74 bits per heavy atom. The molecule has 5 rings (SSSR count). The summed E-state index contributed by atoms with van der Waals surface area (Å²) in [6.45, 7) is 3.03. The van der Waals surface area contributed by atoms with Gasteiger partial charge in [-0.15, -0.1) is 0 Å². The first-order valence-corrected chi connectivity index (χ1v) is 11.7. The van der Waals surface area contributed by atoms with Crippen molar-refractivity contribution in [2.45, 2.75) is 44.7 Å². The van der Waals surface area contributed by atoms with Crippen LogP contribution in [0.4, 0.5) is 0 Å². The number of benzene rings is 1. The van der Waals surface area contributed by atoms with E-state index in [2.05, 4.69) is 63.3 Å². The van der Waals surface area contributed by atoms with Gasteiger partial charge in [-0.05, 0) is 61.9 Å². The molecule has 5 nitrogen and oxygen atoms in total. The topological polar surface area (TPSA) is 50.2 Å². The molecule has 1 saturated heterocycles. The zero-order valence-electron chi connectivity index (χ0n) is 18.3. The lowest BCUT2D eigenvalue weighted by atomic mass is 9.83. The molecular weight excluding hydrogens is 384 g/mol. The number of pyridine rings is 1. The Kier molecular flexibility index (Phi) is 5.77. The Morgan fingerprint density at radius 1 is 1.13 bits per heavy atom. The molecule has 2 aromatic heterocycles. The van der Waals surface area contributed by atoms with Crippen molar-refractivity contribution in [2.75, 3.05) is 13.1 Å². The number of hydrogen-bond donors (Lipinski definition) is 1. The predicted octanol–water partition coefficient (Wildman–Crippen LogP) is 4.44. The van der Waals surface area contributed by atoms with E-state index in [1.54, 1.807) is 0 Å². The molecule has 31 heavy (non-hydrogen) atoms. The highest BCUT2D eigenvalue weighted by atomic mass is 16.2. The van der Waals surface area contributed by atoms with Crippen molar-refractivity contribution < 1.29 is 4.79 Å². The van der Waals surface area contributed by atoms with Crippen LogP contribution in [0.15, 0.2) is 54.9 Å². The summed E-state index contributed by atoms with van der Waals surface area (Å²) in [7, 11) is 2.12. The maximum Gasteiger partial charge on any atom is 0.223 e. The van der Waals surface area contributed by atoms with Crippen molar-refractivity contribution in [2.24, 2.45) is 18.9 Å². The molecule has 1 saturated carbocycles. The van der Waals surface area contributed by atoms with Crippen molar-refractivity contribution in [3.05, 3.63) is 66.1 Å². The number of likely N-dealkylation sites (tertiary alicyclic amines) is 1. The average molecular weight is 417 g/mol. The minimum Gasteiger partial charge on any atom is -0.350 e. The Bertz CT molecular complexity index is 1040. The molecule has 2 atom stereocenters. The number of aromatic nitrogens is 2. The first kappa shape index (κ1) is 20.3. The van der Waals surface area contributed by atoms with E-state index >= 15 is 0 Å². The van der Waals surface area contributed by atoms with Gasteiger partial charge in [0, 0.05) is 49.4 Å². The van der Waals surface area contributed by atoms with Gasteiger partial charge in [0.1, 0.15) is 0 Å². The van der Waals surface area contributed by atoms with Crippen molar-refractivity contribution in [1.29, 1.82) is 0 Å². The number of carbonyl (C=O) groups excluding carboxylic acids is 1. The van der Waals surface area contributed by atoms with Gasteiger partial charge in [-0.1, -0.05) is 30.7 Å². The molecule has 3 heterocycles. The molecule has 0 radical (unpaired) electrons. The number of nitrogens with one attached hydrogen (secondary N) is 1. The molecule has 1 amide bonds. The van der Waals surface area contributed by atoms with E-state index in [0.717, 1.165) is 51.0 Å². The number of carbonyl (C=O) groups is 1. The first-order chi connectivity index (χ1) is 15.2. The van der Waals surface area contributed by atoms with Gasteiger partial charge < -0.3 is 9.88 Å². The second kappa shape index (κ2) is 8.83. The number of nitrogens with zero attached hydrogens (tertiary/aromatic N) is 3. The first-order valence-electron chi connectivity index (χ1n) is 11.7. The maximum absolute atomic E-state index is 12.8. The summed E-state index contributed by atoms with van der Waals surface area (Å²) in [5.41, 5.74) is 3.66. The summed E-state index contributed by atoms with van der Waals surface area (Å²) in [5, 5.41) is 4.73. The second-order valence-electron chi connectivity index (χ2n) is 9.29. The number of para-hydroxylation sites is 1. The smallest absolute Gasteiger partial charge is 0.223 e. The number of hydrogen-bond acceptors (Lipinski definition) is 3. The molecule has 1 aromatic carbocycles. The van der Waals surface area contributed by atoms with E-state index in [0.29, 0.717) is 5.92 Å². The minimum absolute atomic E-state index is 0.00961. The second-order valence-corrected chi connectivity index (χ2v) is 9.29. The molecule has 0 unspecified atom stereocenters. The highest BCUT2D eigenvalue weighted by Gasteiger charge is 2.33. The molecule has 3 aromatic rings. The third-order valence-electron chi connectivity index (χ3n) is 7.17. The fourth-order valence-electron chi connectivity index (χ4n) is 5.23. The van der Waals surface area contributed by atoms with Crippen LogP contribution in [-0.4, -0.2) is 33.4 Å². The molecule has 2 fully saturated rings. The van der Waals surface area contributed by atoms with Crippen LogP contribution in [-0.2, 0) is 18.4 Å². The van der Waals surface area contributed by atoms with Crippen molar-refractivity contribution in [1.82, 2.24) is 19.8 Å². The number of aryl methyl sites for hydroxylation is 1. The largest absolute Gasteiger partial charge is 0.350 e. The van der Waals surface area contributed by atoms with Gasteiger partial charge in [0.05, 0.1) is 11.7 Å². The van der Waals surface area contributed by atoms with E-state index in [9.17, 15) is 4.79 Å². The summed E-state index contributed by atoms with van der Waals surface area (Å²) in [6.07, 6.45) is 9.61. The summed E-state index contributed by atoms with van der Waals surface area (Å²) < 4.78 is 2.22. The maximum atomic E-state index is 12.8. The fraction of sp³-hybridized carbons (Fsp3) is 0.462. The molecule has 1 aliphatic heterocycles. The molecule has 1 N–H and O–H groups in total. The Hall–Kier alpha value is -2.66. The van der Waals surface area contributed by atoms with Gasteiger partial charge in [0.25, 0.3) is 0 Å². The number of piperidine rings is 1. The van der Waals surface area contributed by atoms with Crippen LogP contribution in [0.2, 0.25) is 0 Å².